The summed E-state index contributed by atoms with van der Waals surface area (Å²) in [6.07, 6.45) is 7.63. The Bertz CT molecular complexity index is 602. The van der Waals surface area contributed by atoms with Gasteiger partial charge in [-0.2, -0.15) is 8.42 Å². The van der Waals surface area contributed by atoms with Gasteiger partial charge in [-0.05, 0) is 52.4 Å². The molecule has 2 atom stereocenters. The number of carbonyl (C=O) groups is 1. The summed E-state index contributed by atoms with van der Waals surface area (Å²) < 4.78 is 32.7. The van der Waals surface area contributed by atoms with Crippen LogP contribution in [-0.4, -0.2) is 44.6 Å². The maximum absolute atomic E-state index is 11.5. The molecule has 0 aromatic carbocycles. The molecule has 0 spiro atoms. The van der Waals surface area contributed by atoms with Crippen molar-refractivity contribution in [3.63, 3.8) is 0 Å². The molecule has 0 fully saturated rings. The highest BCUT2D eigenvalue weighted by molar-refractivity contribution is 7.86. The molecule has 0 unspecified atom stereocenters. The Morgan fingerprint density at radius 1 is 1.27 bits per heavy atom. The second kappa shape index (κ2) is 11.5. The lowest BCUT2D eigenvalue weighted by Gasteiger charge is -2.31. The molecule has 0 aliphatic carbocycles. The number of hydrogen-bond acceptors (Lipinski definition) is 6. The Morgan fingerprint density at radius 3 is 2.35 bits per heavy atom. The largest absolute Gasteiger partial charge is 0.466 e. The number of ether oxygens (including phenoxy) is 1. The predicted octanol–water partition coefficient (Wildman–Crippen LogP) is 3.51. The maximum Gasteiger partial charge on any atom is 0.330 e. The fourth-order valence-electron chi connectivity index (χ4n) is 2.48. The van der Waals surface area contributed by atoms with Crippen LogP contribution in [-0.2, 0) is 23.8 Å². The fraction of sp³-hybridized carbons (Fsp3) is 0.737. The van der Waals surface area contributed by atoms with Crippen LogP contribution in [0.25, 0.3) is 0 Å². The van der Waals surface area contributed by atoms with Crippen LogP contribution in [0.4, 0.5) is 0 Å². The van der Waals surface area contributed by atoms with Crippen molar-refractivity contribution in [3.05, 3.63) is 23.3 Å². The summed E-state index contributed by atoms with van der Waals surface area (Å²) in [7, 11) is -2.30. The molecule has 6 nitrogen and oxygen atoms in total. The van der Waals surface area contributed by atoms with Gasteiger partial charge in [0.15, 0.2) is 0 Å². The van der Waals surface area contributed by atoms with Crippen LogP contribution < -0.4 is 0 Å². The van der Waals surface area contributed by atoms with Crippen molar-refractivity contribution < 1.29 is 27.2 Å². The third-order valence-corrected chi connectivity index (χ3v) is 5.00. The Labute approximate surface area is 158 Å². The zero-order chi connectivity index (χ0) is 20.4. The molecule has 1 N–H and O–H groups in total. The molecule has 0 bridgehead atoms. The summed E-state index contributed by atoms with van der Waals surface area (Å²) in [5, 5.41) is 10.4. The van der Waals surface area contributed by atoms with Crippen LogP contribution in [0.15, 0.2) is 23.3 Å². The van der Waals surface area contributed by atoms with Crippen LogP contribution in [0.1, 0.15) is 66.2 Å². The van der Waals surface area contributed by atoms with Crippen molar-refractivity contribution in [2.45, 2.75) is 77.9 Å². The van der Waals surface area contributed by atoms with E-state index >= 15 is 0 Å². The van der Waals surface area contributed by atoms with Gasteiger partial charge >= 0.3 is 5.97 Å². The number of aliphatic hydroxyl groups is 1. The number of rotatable bonds is 12. The van der Waals surface area contributed by atoms with Crippen molar-refractivity contribution in [3.8, 4) is 0 Å². The van der Waals surface area contributed by atoms with Crippen LogP contribution in [0, 0.1) is 0 Å². The van der Waals surface area contributed by atoms with E-state index in [9.17, 15) is 18.3 Å². The Balaban J connectivity index is 4.86. The van der Waals surface area contributed by atoms with Crippen LogP contribution in [0.3, 0.4) is 0 Å². The molecule has 0 aliphatic heterocycles. The van der Waals surface area contributed by atoms with Gasteiger partial charge in [-0.15, -0.1) is 0 Å². The molecule has 0 aromatic heterocycles. The number of hydrogen-bond donors (Lipinski definition) is 1. The number of methoxy groups -OCH3 is 1. The zero-order valence-corrected chi connectivity index (χ0v) is 17.7. The maximum atomic E-state index is 11.5. The molecule has 0 heterocycles. The molecule has 0 aromatic rings. The molecule has 0 aliphatic rings. The molecule has 26 heavy (non-hydrogen) atoms. The molecule has 152 valence electrons. The average molecular weight is 391 g/mol. The van der Waals surface area contributed by atoms with Crippen LogP contribution >= 0.6 is 0 Å². The van der Waals surface area contributed by atoms with Crippen LogP contribution in [0.5, 0.6) is 0 Å². The molecule has 0 rings (SSSR count). The minimum absolute atomic E-state index is 0.357. The Hall–Kier alpha value is -1.18. The second-order valence-corrected chi connectivity index (χ2v) is 8.41. The lowest BCUT2D eigenvalue weighted by molar-refractivity contribution is -0.134. The van der Waals surface area contributed by atoms with Crippen LogP contribution in [0.2, 0.25) is 0 Å². The smallest absolute Gasteiger partial charge is 0.330 e. The molecule has 0 radical (unpaired) electrons. The SMILES string of the molecule is CC/C(=C\CC/C(C)=C/C(=O)OC)CC[C@H](OS(C)(=O)=O)[C@@](C)(O)CC. The monoisotopic (exact) mass is 390 g/mol. The van der Waals surface area contributed by atoms with E-state index in [2.05, 4.69) is 10.8 Å². The zero-order valence-electron chi connectivity index (χ0n) is 16.9. The van der Waals surface area contributed by atoms with Crippen molar-refractivity contribution in [1.29, 1.82) is 0 Å². The van der Waals surface area contributed by atoms with Crippen molar-refractivity contribution in [2.75, 3.05) is 13.4 Å². The average Bonchev–Trinajstić information content (AvgIpc) is 2.55. The number of esters is 1. The van der Waals surface area contributed by atoms with Gasteiger partial charge in [0, 0.05) is 6.08 Å². The van der Waals surface area contributed by atoms with E-state index in [4.69, 9.17) is 4.18 Å². The van der Waals surface area contributed by atoms with Gasteiger partial charge in [-0.3, -0.25) is 4.18 Å². The van der Waals surface area contributed by atoms with E-state index in [1.54, 1.807) is 13.8 Å². The lowest BCUT2D eigenvalue weighted by Crippen LogP contribution is -2.41. The van der Waals surface area contributed by atoms with Gasteiger partial charge in [0.1, 0.15) is 6.10 Å². The van der Waals surface area contributed by atoms with Gasteiger partial charge in [-0.1, -0.05) is 31.1 Å². The number of carbonyl (C=O) groups excluding carboxylic acids is 1. The molecule has 7 heteroatoms. The third-order valence-electron chi connectivity index (χ3n) is 4.42. The third kappa shape index (κ3) is 10.7. The molecular weight excluding hydrogens is 356 g/mol. The highest BCUT2D eigenvalue weighted by atomic mass is 32.2. The van der Waals surface area contributed by atoms with Crippen molar-refractivity contribution >= 4 is 16.1 Å². The van der Waals surface area contributed by atoms with Gasteiger partial charge in [0.25, 0.3) is 10.1 Å². The predicted molar refractivity (Wildman–Crippen MR) is 103 cm³/mol. The minimum Gasteiger partial charge on any atom is -0.466 e. The lowest BCUT2D eigenvalue weighted by atomic mass is 9.90. The Kier molecular flexibility index (Phi) is 11.0. The van der Waals surface area contributed by atoms with E-state index in [-0.39, 0.29) is 5.97 Å². The van der Waals surface area contributed by atoms with E-state index in [1.807, 2.05) is 13.8 Å². The highest BCUT2D eigenvalue weighted by Gasteiger charge is 2.33. The second-order valence-electron chi connectivity index (χ2n) is 6.81. The molecule has 0 amide bonds. The Morgan fingerprint density at radius 2 is 1.88 bits per heavy atom. The van der Waals surface area contributed by atoms with Crippen molar-refractivity contribution in [2.24, 2.45) is 0 Å². The van der Waals surface area contributed by atoms with Gasteiger partial charge in [-0.25, -0.2) is 4.79 Å². The summed E-state index contributed by atoms with van der Waals surface area (Å²) in [5.74, 6) is -0.357. The van der Waals surface area contributed by atoms with Gasteiger partial charge < -0.3 is 9.84 Å². The first-order chi connectivity index (χ1) is 11.9. The molecular formula is C19H34O6S. The number of allylic oxidation sites excluding steroid dienone is 3. The summed E-state index contributed by atoms with van der Waals surface area (Å²) in [6.45, 7) is 7.31. The van der Waals surface area contributed by atoms with E-state index in [1.165, 1.54) is 18.8 Å². The standard InChI is InChI=1S/C19H34O6S/c1-7-16(11-9-10-15(3)14-18(20)24-5)12-13-17(19(4,21)8-2)25-26(6,22)23/h11,14,17,21H,7-10,12-13H2,1-6H3/b15-14+,16-11+/t17-,19-/m0/s1. The fourth-order valence-corrected chi connectivity index (χ4v) is 3.20. The summed E-state index contributed by atoms with van der Waals surface area (Å²) >= 11 is 0. The van der Waals surface area contributed by atoms with E-state index in [0.29, 0.717) is 19.3 Å². The van der Waals surface area contributed by atoms with E-state index in [0.717, 1.165) is 31.1 Å². The summed E-state index contributed by atoms with van der Waals surface area (Å²) in [6, 6.07) is 0. The van der Waals surface area contributed by atoms with Gasteiger partial charge in [0.2, 0.25) is 0 Å². The van der Waals surface area contributed by atoms with Gasteiger partial charge in [0.05, 0.1) is 19.0 Å². The molecule has 0 saturated heterocycles. The topological polar surface area (TPSA) is 89.9 Å². The first-order valence-corrected chi connectivity index (χ1v) is 10.8. The normalized spacial score (nSPS) is 16.9. The van der Waals surface area contributed by atoms with Crippen molar-refractivity contribution in [1.82, 2.24) is 0 Å². The highest BCUT2D eigenvalue weighted by Crippen LogP contribution is 2.26. The summed E-state index contributed by atoms with van der Waals surface area (Å²) in [4.78, 5) is 11.2. The first kappa shape index (κ1) is 24.8. The summed E-state index contributed by atoms with van der Waals surface area (Å²) in [5.41, 5.74) is 0.905. The van der Waals surface area contributed by atoms with E-state index < -0.39 is 21.8 Å². The minimum atomic E-state index is -3.64. The quantitative estimate of drug-likeness (QED) is 0.237. The first-order valence-electron chi connectivity index (χ1n) is 8.98. The molecule has 0 saturated carbocycles.